The molecular weight excluding hydrogens is 291 g/mol. The highest BCUT2D eigenvalue weighted by Gasteiger charge is 2.31. The molecule has 0 radical (unpaired) electrons. The van der Waals surface area contributed by atoms with E-state index in [0.29, 0.717) is 12.1 Å². The Bertz CT molecular complexity index is 572. The van der Waals surface area contributed by atoms with Crippen molar-refractivity contribution in [2.75, 3.05) is 0 Å². The first-order chi connectivity index (χ1) is 8.98. The lowest BCUT2D eigenvalue weighted by Crippen LogP contribution is -2.17. The van der Waals surface area contributed by atoms with Crippen molar-refractivity contribution in [1.82, 2.24) is 0 Å². The summed E-state index contributed by atoms with van der Waals surface area (Å²) in [6, 6.07) is 13.2. The van der Waals surface area contributed by atoms with Crippen LogP contribution in [0.1, 0.15) is 5.56 Å². The predicted molar refractivity (Wildman–Crippen MR) is 73.7 cm³/mol. The average molecular weight is 304 g/mol. The molecule has 0 aliphatic rings. The van der Waals surface area contributed by atoms with Crippen molar-refractivity contribution < 1.29 is 17.9 Å². The second-order valence-corrected chi connectivity index (χ2v) is 3.98. The molecule has 0 aliphatic carbocycles. The first-order valence-electron chi connectivity index (χ1n) is 5.63. The number of rotatable bonds is 3. The number of hydrogen-bond donors (Lipinski definition) is 1. The van der Waals surface area contributed by atoms with E-state index >= 15 is 0 Å². The maximum atomic E-state index is 12.2. The number of ether oxygens (including phenoxy) is 1. The molecule has 2 N–H and O–H groups in total. The predicted octanol–water partition coefficient (Wildman–Crippen LogP) is 4.13. The Morgan fingerprint density at radius 3 is 2.15 bits per heavy atom. The van der Waals surface area contributed by atoms with Gasteiger partial charge in [-0.05, 0) is 34.9 Å². The van der Waals surface area contributed by atoms with Crippen molar-refractivity contribution in [1.29, 1.82) is 0 Å². The average Bonchev–Trinajstić information content (AvgIpc) is 2.37. The molecule has 20 heavy (non-hydrogen) atoms. The Balaban J connectivity index is 0.00000200. The summed E-state index contributed by atoms with van der Waals surface area (Å²) in [5.41, 5.74) is 7.90. The topological polar surface area (TPSA) is 35.2 Å². The molecule has 0 saturated carbocycles. The monoisotopic (exact) mass is 303 g/mol. The zero-order chi connectivity index (χ0) is 13.9. The fourth-order valence-electron chi connectivity index (χ4n) is 1.75. The zero-order valence-electron chi connectivity index (χ0n) is 10.4. The molecule has 0 fully saturated rings. The highest BCUT2D eigenvalue weighted by molar-refractivity contribution is 5.85. The third kappa shape index (κ3) is 4.43. The van der Waals surface area contributed by atoms with Crippen LogP contribution in [-0.2, 0) is 6.54 Å². The van der Waals surface area contributed by atoms with Crippen LogP contribution in [0, 0.1) is 0 Å². The van der Waals surface area contributed by atoms with Crippen molar-refractivity contribution in [2.24, 2.45) is 5.73 Å². The van der Waals surface area contributed by atoms with Gasteiger partial charge in [-0.3, -0.25) is 0 Å². The van der Waals surface area contributed by atoms with E-state index in [1.54, 1.807) is 6.07 Å². The largest absolute Gasteiger partial charge is 0.573 e. The van der Waals surface area contributed by atoms with Gasteiger partial charge in [-0.2, -0.15) is 0 Å². The Labute approximate surface area is 120 Å². The van der Waals surface area contributed by atoms with Gasteiger partial charge in [0.05, 0.1) is 0 Å². The molecule has 0 saturated heterocycles. The van der Waals surface area contributed by atoms with Gasteiger partial charge >= 0.3 is 6.36 Å². The van der Waals surface area contributed by atoms with Gasteiger partial charge in [0, 0.05) is 6.54 Å². The smallest absolute Gasteiger partial charge is 0.406 e. The van der Waals surface area contributed by atoms with E-state index in [1.807, 2.05) is 24.3 Å². The quantitative estimate of drug-likeness (QED) is 0.925. The van der Waals surface area contributed by atoms with Gasteiger partial charge in [0.1, 0.15) is 5.75 Å². The van der Waals surface area contributed by atoms with Gasteiger partial charge in [0.15, 0.2) is 0 Å². The molecule has 6 heteroatoms. The zero-order valence-corrected chi connectivity index (χ0v) is 11.2. The minimum Gasteiger partial charge on any atom is -0.406 e. The molecule has 2 aromatic rings. The minimum absolute atomic E-state index is 0. The summed E-state index contributed by atoms with van der Waals surface area (Å²) < 4.78 is 40.4. The van der Waals surface area contributed by atoms with Crippen molar-refractivity contribution in [3.05, 3.63) is 54.1 Å². The van der Waals surface area contributed by atoms with Crippen LogP contribution >= 0.6 is 12.4 Å². The highest BCUT2D eigenvalue weighted by Crippen LogP contribution is 2.28. The molecule has 0 spiro atoms. The molecule has 108 valence electrons. The van der Waals surface area contributed by atoms with Gasteiger partial charge in [-0.1, -0.05) is 30.3 Å². The van der Waals surface area contributed by atoms with Crippen LogP contribution in [0.4, 0.5) is 13.2 Å². The Morgan fingerprint density at radius 2 is 1.55 bits per heavy atom. The summed E-state index contributed by atoms with van der Waals surface area (Å²) in [6.45, 7) is 0.382. The summed E-state index contributed by atoms with van der Waals surface area (Å²) >= 11 is 0. The van der Waals surface area contributed by atoms with E-state index in [1.165, 1.54) is 18.2 Å². The molecule has 0 aliphatic heterocycles. The maximum Gasteiger partial charge on any atom is 0.573 e. The van der Waals surface area contributed by atoms with Crippen molar-refractivity contribution in [2.45, 2.75) is 12.9 Å². The normalized spacial score (nSPS) is 10.8. The van der Waals surface area contributed by atoms with Crippen LogP contribution in [0.5, 0.6) is 5.75 Å². The van der Waals surface area contributed by atoms with Crippen molar-refractivity contribution in [3.8, 4) is 16.9 Å². The van der Waals surface area contributed by atoms with Crippen LogP contribution in [0.3, 0.4) is 0 Å². The van der Waals surface area contributed by atoms with E-state index in [4.69, 9.17) is 5.73 Å². The molecule has 0 aromatic heterocycles. The third-order valence-corrected chi connectivity index (χ3v) is 2.56. The maximum absolute atomic E-state index is 12.2. The van der Waals surface area contributed by atoms with Crippen molar-refractivity contribution >= 4 is 12.4 Å². The molecule has 2 rings (SSSR count). The summed E-state index contributed by atoms with van der Waals surface area (Å²) in [7, 11) is 0. The van der Waals surface area contributed by atoms with Crippen LogP contribution in [0.2, 0.25) is 0 Å². The Morgan fingerprint density at radius 1 is 0.950 bits per heavy atom. The van der Waals surface area contributed by atoms with Gasteiger partial charge in [0.25, 0.3) is 0 Å². The molecule has 0 unspecified atom stereocenters. The molecule has 2 nitrogen and oxygen atoms in total. The van der Waals surface area contributed by atoms with E-state index in [0.717, 1.165) is 11.1 Å². The number of benzene rings is 2. The summed E-state index contributed by atoms with van der Waals surface area (Å²) in [5.74, 6) is -0.233. The van der Waals surface area contributed by atoms with E-state index in [2.05, 4.69) is 4.74 Å². The van der Waals surface area contributed by atoms with E-state index < -0.39 is 6.36 Å². The Hall–Kier alpha value is -1.72. The molecular formula is C14H13ClF3NO. The summed E-state index contributed by atoms with van der Waals surface area (Å²) in [4.78, 5) is 0. The fraction of sp³-hybridized carbons (Fsp3) is 0.143. The lowest BCUT2D eigenvalue weighted by Gasteiger charge is -2.10. The molecule has 0 heterocycles. The molecule has 0 bridgehead atoms. The van der Waals surface area contributed by atoms with Gasteiger partial charge in [0.2, 0.25) is 0 Å². The van der Waals surface area contributed by atoms with Crippen LogP contribution in [-0.4, -0.2) is 6.36 Å². The fourth-order valence-corrected chi connectivity index (χ4v) is 1.75. The number of hydrogen-bond acceptors (Lipinski definition) is 2. The van der Waals surface area contributed by atoms with Crippen LogP contribution in [0.25, 0.3) is 11.1 Å². The van der Waals surface area contributed by atoms with Gasteiger partial charge < -0.3 is 10.5 Å². The summed E-state index contributed by atoms with van der Waals surface area (Å²) in [5, 5.41) is 0. The second-order valence-electron chi connectivity index (χ2n) is 3.98. The SMILES string of the molecule is Cl.NCc1cccc(-c2cccc(OC(F)(F)F)c2)c1. The second kappa shape index (κ2) is 6.63. The number of halogens is 4. The lowest BCUT2D eigenvalue weighted by atomic mass is 10.0. The molecule has 0 atom stereocenters. The molecule has 2 aromatic carbocycles. The Kier molecular flexibility index (Phi) is 5.42. The first kappa shape index (κ1) is 16.3. The highest BCUT2D eigenvalue weighted by atomic mass is 35.5. The van der Waals surface area contributed by atoms with Crippen molar-refractivity contribution in [3.63, 3.8) is 0 Å². The summed E-state index contributed by atoms with van der Waals surface area (Å²) in [6.07, 6.45) is -4.68. The van der Waals surface area contributed by atoms with Gasteiger partial charge in [-0.15, -0.1) is 25.6 Å². The van der Waals surface area contributed by atoms with E-state index in [-0.39, 0.29) is 18.2 Å². The third-order valence-electron chi connectivity index (χ3n) is 2.56. The van der Waals surface area contributed by atoms with E-state index in [9.17, 15) is 13.2 Å². The standard InChI is InChI=1S/C14H12F3NO.ClH/c15-14(16,17)19-13-6-2-5-12(8-13)11-4-1-3-10(7-11)9-18;/h1-8H,9,18H2;1H. The van der Waals surface area contributed by atoms with Crippen LogP contribution < -0.4 is 10.5 Å². The number of alkyl halides is 3. The molecule has 0 amide bonds. The van der Waals surface area contributed by atoms with Gasteiger partial charge in [-0.25, -0.2) is 0 Å². The minimum atomic E-state index is -4.68. The first-order valence-corrected chi connectivity index (χ1v) is 5.63. The number of nitrogens with two attached hydrogens (primary N) is 1. The van der Waals surface area contributed by atoms with Crippen LogP contribution in [0.15, 0.2) is 48.5 Å². The lowest BCUT2D eigenvalue weighted by molar-refractivity contribution is -0.274.